The van der Waals surface area contributed by atoms with E-state index >= 15 is 0 Å². The molecule has 0 aromatic heterocycles. The molecule has 1 saturated carbocycles. The highest BCUT2D eigenvalue weighted by atomic mass is 16.5. The second kappa shape index (κ2) is 5.51. The molecule has 2 aliphatic rings. The molecule has 3 rings (SSSR count). The standard InChI is InChI=1S/C16H24N2O/c1-19-14-5-2-12(3-6-14)8-9-18-10-13-4-7-16(17)15(13)11-18/h2-3,5-6,13,15-16H,4,7-11,17H2,1H3. The fourth-order valence-electron chi connectivity index (χ4n) is 3.66. The number of nitrogens with two attached hydrogens (primary N) is 1. The van der Waals surface area contributed by atoms with E-state index in [1.54, 1.807) is 7.11 Å². The normalized spacial score (nSPS) is 30.5. The van der Waals surface area contributed by atoms with E-state index in [-0.39, 0.29) is 0 Å². The van der Waals surface area contributed by atoms with Gasteiger partial charge in [0.15, 0.2) is 0 Å². The monoisotopic (exact) mass is 260 g/mol. The average Bonchev–Trinajstić information content (AvgIpc) is 2.99. The van der Waals surface area contributed by atoms with Crippen molar-refractivity contribution in [2.24, 2.45) is 17.6 Å². The fraction of sp³-hybridized carbons (Fsp3) is 0.625. The van der Waals surface area contributed by atoms with Crippen molar-refractivity contribution in [3.05, 3.63) is 29.8 Å². The molecule has 1 aromatic rings. The Morgan fingerprint density at radius 3 is 2.68 bits per heavy atom. The maximum atomic E-state index is 6.18. The lowest BCUT2D eigenvalue weighted by atomic mass is 9.98. The van der Waals surface area contributed by atoms with Crippen LogP contribution in [-0.2, 0) is 6.42 Å². The van der Waals surface area contributed by atoms with Crippen LogP contribution < -0.4 is 10.5 Å². The number of benzene rings is 1. The maximum Gasteiger partial charge on any atom is 0.118 e. The molecule has 3 nitrogen and oxygen atoms in total. The van der Waals surface area contributed by atoms with E-state index < -0.39 is 0 Å². The van der Waals surface area contributed by atoms with Crippen molar-refractivity contribution in [2.75, 3.05) is 26.7 Å². The Balaban J connectivity index is 1.50. The van der Waals surface area contributed by atoms with E-state index in [1.165, 1.54) is 31.5 Å². The molecule has 0 bridgehead atoms. The van der Waals surface area contributed by atoms with E-state index in [1.807, 2.05) is 12.1 Å². The second-order valence-corrected chi connectivity index (χ2v) is 6.02. The number of methoxy groups -OCH3 is 1. The number of ether oxygens (including phenoxy) is 1. The van der Waals surface area contributed by atoms with Crippen molar-refractivity contribution < 1.29 is 4.74 Å². The summed E-state index contributed by atoms with van der Waals surface area (Å²) in [5, 5.41) is 0. The van der Waals surface area contributed by atoms with Crippen LogP contribution in [-0.4, -0.2) is 37.7 Å². The molecule has 1 aliphatic heterocycles. The van der Waals surface area contributed by atoms with Crippen LogP contribution in [0.5, 0.6) is 5.75 Å². The van der Waals surface area contributed by atoms with Crippen LogP contribution in [0.15, 0.2) is 24.3 Å². The lowest BCUT2D eigenvalue weighted by molar-refractivity contribution is 0.309. The molecule has 1 heterocycles. The maximum absolute atomic E-state index is 6.18. The molecule has 3 unspecified atom stereocenters. The van der Waals surface area contributed by atoms with Gasteiger partial charge in [-0.25, -0.2) is 0 Å². The Labute approximate surface area is 115 Å². The van der Waals surface area contributed by atoms with Crippen LogP contribution in [0.3, 0.4) is 0 Å². The Hall–Kier alpha value is -1.06. The zero-order chi connectivity index (χ0) is 13.2. The summed E-state index contributed by atoms with van der Waals surface area (Å²) in [4.78, 5) is 2.60. The van der Waals surface area contributed by atoms with Crippen LogP contribution in [0.25, 0.3) is 0 Å². The number of hydrogen-bond donors (Lipinski definition) is 1. The molecule has 19 heavy (non-hydrogen) atoms. The van der Waals surface area contributed by atoms with Crippen molar-refractivity contribution >= 4 is 0 Å². The SMILES string of the molecule is COc1ccc(CCN2CC3CCC(N)C3C2)cc1. The van der Waals surface area contributed by atoms with Gasteiger partial charge in [-0.05, 0) is 48.8 Å². The van der Waals surface area contributed by atoms with Crippen molar-refractivity contribution in [3.8, 4) is 5.75 Å². The van der Waals surface area contributed by atoms with Gasteiger partial charge in [0, 0.05) is 25.7 Å². The average molecular weight is 260 g/mol. The van der Waals surface area contributed by atoms with Gasteiger partial charge < -0.3 is 15.4 Å². The Morgan fingerprint density at radius 1 is 1.21 bits per heavy atom. The predicted octanol–water partition coefficient (Wildman–Crippen LogP) is 1.91. The van der Waals surface area contributed by atoms with E-state index in [9.17, 15) is 0 Å². The highest BCUT2D eigenvalue weighted by molar-refractivity contribution is 5.27. The van der Waals surface area contributed by atoms with Crippen LogP contribution in [0, 0.1) is 11.8 Å². The summed E-state index contributed by atoms with van der Waals surface area (Å²) in [7, 11) is 1.71. The molecule has 1 aromatic carbocycles. The van der Waals surface area contributed by atoms with Gasteiger partial charge in [0.1, 0.15) is 5.75 Å². The Morgan fingerprint density at radius 2 is 2.00 bits per heavy atom. The number of nitrogens with zero attached hydrogens (tertiary/aromatic N) is 1. The minimum atomic E-state index is 0.455. The van der Waals surface area contributed by atoms with Gasteiger partial charge in [0.05, 0.1) is 7.11 Å². The topological polar surface area (TPSA) is 38.5 Å². The third-order valence-electron chi connectivity index (χ3n) is 4.86. The van der Waals surface area contributed by atoms with Crippen molar-refractivity contribution in [2.45, 2.75) is 25.3 Å². The van der Waals surface area contributed by atoms with Gasteiger partial charge in [-0.2, -0.15) is 0 Å². The molecule has 2 N–H and O–H groups in total. The molecule has 2 fully saturated rings. The van der Waals surface area contributed by atoms with E-state index in [0.29, 0.717) is 6.04 Å². The minimum absolute atomic E-state index is 0.455. The van der Waals surface area contributed by atoms with Gasteiger partial charge in [0.25, 0.3) is 0 Å². The summed E-state index contributed by atoms with van der Waals surface area (Å²) in [5.41, 5.74) is 7.57. The fourth-order valence-corrected chi connectivity index (χ4v) is 3.66. The van der Waals surface area contributed by atoms with Gasteiger partial charge in [-0.15, -0.1) is 0 Å². The van der Waals surface area contributed by atoms with Crippen LogP contribution in [0.4, 0.5) is 0 Å². The summed E-state index contributed by atoms with van der Waals surface area (Å²) in [6, 6.07) is 8.88. The molecule has 1 saturated heterocycles. The van der Waals surface area contributed by atoms with Gasteiger partial charge in [-0.1, -0.05) is 12.1 Å². The molecular weight excluding hydrogens is 236 g/mol. The summed E-state index contributed by atoms with van der Waals surface area (Å²) in [5.74, 6) is 2.56. The molecule has 0 spiro atoms. The predicted molar refractivity (Wildman–Crippen MR) is 77.3 cm³/mol. The smallest absolute Gasteiger partial charge is 0.118 e. The van der Waals surface area contributed by atoms with E-state index in [4.69, 9.17) is 10.5 Å². The van der Waals surface area contributed by atoms with Gasteiger partial charge >= 0.3 is 0 Å². The quantitative estimate of drug-likeness (QED) is 0.898. The first-order valence-electron chi connectivity index (χ1n) is 7.37. The lowest BCUT2D eigenvalue weighted by Gasteiger charge is -2.18. The van der Waals surface area contributed by atoms with Gasteiger partial charge in [-0.3, -0.25) is 0 Å². The first-order chi connectivity index (χ1) is 9.26. The third kappa shape index (κ3) is 2.77. The minimum Gasteiger partial charge on any atom is -0.497 e. The zero-order valence-electron chi connectivity index (χ0n) is 11.7. The summed E-state index contributed by atoms with van der Waals surface area (Å²) in [6.45, 7) is 3.63. The lowest BCUT2D eigenvalue weighted by Crippen LogP contribution is -2.31. The zero-order valence-corrected chi connectivity index (χ0v) is 11.7. The number of fused-ring (bicyclic) bond motifs is 1. The summed E-state index contributed by atoms with van der Waals surface area (Å²) >= 11 is 0. The van der Waals surface area contributed by atoms with Crippen molar-refractivity contribution in [3.63, 3.8) is 0 Å². The van der Waals surface area contributed by atoms with Crippen LogP contribution in [0.1, 0.15) is 18.4 Å². The molecule has 104 valence electrons. The molecule has 0 amide bonds. The van der Waals surface area contributed by atoms with Crippen LogP contribution >= 0.6 is 0 Å². The number of likely N-dealkylation sites (tertiary alicyclic amines) is 1. The number of hydrogen-bond acceptors (Lipinski definition) is 3. The number of rotatable bonds is 4. The summed E-state index contributed by atoms with van der Waals surface area (Å²) < 4.78 is 5.18. The first-order valence-corrected chi connectivity index (χ1v) is 7.37. The molecule has 3 heteroatoms. The Kier molecular flexibility index (Phi) is 3.76. The van der Waals surface area contributed by atoms with Crippen LogP contribution in [0.2, 0.25) is 0 Å². The van der Waals surface area contributed by atoms with Crippen molar-refractivity contribution in [1.29, 1.82) is 0 Å². The molecule has 3 atom stereocenters. The summed E-state index contributed by atoms with van der Waals surface area (Å²) in [6.07, 6.45) is 3.70. The van der Waals surface area contributed by atoms with Crippen molar-refractivity contribution in [1.82, 2.24) is 4.90 Å². The highest BCUT2D eigenvalue weighted by Crippen LogP contribution is 2.36. The largest absolute Gasteiger partial charge is 0.497 e. The molecular formula is C16H24N2O. The van der Waals surface area contributed by atoms with Gasteiger partial charge in [0.2, 0.25) is 0 Å². The third-order valence-corrected chi connectivity index (χ3v) is 4.86. The molecule has 1 aliphatic carbocycles. The Bertz CT molecular complexity index is 417. The second-order valence-electron chi connectivity index (χ2n) is 6.02. The first kappa shape index (κ1) is 12.9. The molecule has 0 radical (unpaired) electrons. The van der Waals surface area contributed by atoms with E-state index in [0.717, 1.165) is 30.6 Å². The van der Waals surface area contributed by atoms with E-state index in [2.05, 4.69) is 17.0 Å². The highest BCUT2D eigenvalue weighted by Gasteiger charge is 2.40.